The van der Waals surface area contributed by atoms with E-state index >= 15 is 0 Å². The first-order valence-electron chi connectivity index (χ1n) is 4.41. The molecule has 0 aromatic carbocycles. The van der Waals surface area contributed by atoms with Gasteiger partial charge in [0.1, 0.15) is 0 Å². The maximum atomic E-state index is 8.75. The predicted molar refractivity (Wildman–Crippen MR) is 56.6 cm³/mol. The van der Waals surface area contributed by atoms with E-state index in [2.05, 4.69) is 9.97 Å². The molecule has 78 valence electrons. The van der Waals surface area contributed by atoms with Crippen molar-refractivity contribution in [2.24, 2.45) is 5.92 Å². The lowest BCUT2D eigenvalue weighted by atomic mass is 10.0. The van der Waals surface area contributed by atoms with E-state index in [0.29, 0.717) is 17.4 Å². The highest BCUT2D eigenvalue weighted by Gasteiger charge is 2.09. The molecule has 0 aliphatic heterocycles. The highest BCUT2D eigenvalue weighted by Crippen LogP contribution is 2.18. The van der Waals surface area contributed by atoms with Gasteiger partial charge in [0.2, 0.25) is 5.28 Å². The second-order valence-electron chi connectivity index (χ2n) is 3.26. The standard InChI is InChI=1S/C9H12Cl2N2O/c1-6(2-3-14)4-8-7(10)5-12-9(11)13-8/h5-6,14H,2-4H2,1H3. The molecule has 0 saturated heterocycles. The van der Waals surface area contributed by atoms with Crippen LogP contribution in [0, 0.1) is 5.92 Å². The molecule has 1 aromatic rings. The second-order valence-corrected chi connectivity index (χ2v) is 4.00. The Bertz CT molecular complexity index is 307. The van der Waals surface area contributed by atoms with Crippen molar-refractivity contribution >= 4 is 23.2 Å². The van der Waals surface area contributed by atoms with Crippen molar-refractivity contribution < 1.29 is 5.11 Å². The van der Waals surface area contributed by atoms with Crippen molar-refractivity contribution in [1.82, 2.24) is 9.97 Å². The van der Waals surface area contributed by atoms with Gasteiger partial charge in [-0.25, -0.2) is 9.97 Å². The zero-order chi connectivity index (χ0) is 10.6. The molecule has 14 heavy (non-hydrogen) atoms. The average molecular weight is 235 g/mol. The zero-order valence-corrected chi connectivity index (χ0v) is 9.39. The van der Waals surface area contributed by atoms with Gasteiger partial charge in [0.25, 0.3) is 0 Å². The van der Waals surface area contributed by atoms with Crippen molar-refractivity contribution in [3.8, 4) is 0 Å². The Balaban J connectivity index is 2.70. The second kappa shape index (κ2) is 5.49. The fourth-order valence-corrected chi connectivity index (χ4v) is 1.49. The summed E-state index contributed by atoms with van der Waals surface area (Å²) in [4.78, 5) is 7.80. The summed E-state index contributed by atoms with van der Waals surface area (Å²) < 4.78 is 0. The average Bonchev–Trinajstić information content (AvgIpc) is 2.12. The third kappa shape index (κ3) is 3.40. The molecule has 0 aliphatic rings. The zero-order valence-electron chi connectivity index (χ0n) is 7.87. The molecule has 0 aliphatic carbocycles. The van der Waals surface area contributed by atoms with Gasteiger partial charge in [0.15, 0.2) is 0 Å². The van der Waals surface area contributed by atoms with Gasteiger partial charge in [-0.3, -0.25) is 0 Å². The summed E-state index contributed by atoms with van der Waals surface area (Å²) in [7, 11) is 0. The van der Waals surface area contributed by atoms with Crippen molar-refractivity contribution in [3.05, 3.63) is 22.2 Å². The van der Waals surface area contributed by atoms with Crippen LogP contribution in [0.1, 0.15) is 19.0 Å². The molecular weight excluding hydrogens is 223 g/mol. The third-order valence-corrected chi connectivity index (χ3v) is 2.45. The molecule has 1 heterocycles. The summed E-state index contributed by atoms with van der Waals surface area (Å²) in [5, 5.41) is 9.48. The number of rotatable bonds is 4. The summed E-state index contributed by atoms with van der Waals surface area (Å²) in [6.45, 7) is 2.21. The van der Waals surface area contributed by atoms with Gasteiger partial charge >= 0.3 is 0 Å². The normalized spacial score (nSPS) is 12.9. The fraction of sp³-hybridized carbons (Fsp3) is 0.556. The third-order valence-electron chi connectivity index (χ3n) is 1.95. The Hall–Kier alpha value is -0.380. The molecule has 3 nitrogen and oxygen atoms in total. The number of halogens is 2. The predicted octanol–water partition coefficient (Wildman–Crippen LogP) is 2.34. The number of aliphatic hydroxyl groups excluding tert-OH is 1. The lowest BCUT2D eigenvalue weighted by molar-refractivity contribution is 0.262. The van der Waals surface area contributed by atoms with Crippen LogP contribution in [-0.4, -0.2) is 21.7 Å². The van der Waals surface area contributed by atoms with E-state index in [1.165, 1.54) is 6.20 Å². The number of hydrogen-bond acceptors (Lipinski definition) is 3. The van der Waals surface area contributed by atoms with Crippen LogP contribution in [0.25, 0.3) is 0 Å². The largest absolute Gasteiger partial charge is 0.396 e. The van der Waals surface area contributed by atoms with Gasteiger partial charge in [-0.15, -0.1) is 0 Å². The molecule has 1 atom stereocenters. The van der Waals surface area contributed by atoms with Crippen molar-refractivity contribution in [1.29, 1.82) is 0 Å². The van der Waals surface area contributed by atoms with Gasteiger partial charge in [0.05, 0.1) is 16.9 Å². The molecule has 1 aromatic heterocycles. The lowest BCUT2D eigenvalue weighted by Crippen LogP contribution is -2.05. The number of aliphatic hydroxyl groups is 1. The first kappa shape index (κ1) is 11.7. The van der Waals surface area contributed by atoms with Gasteiger partial charge in [-0.05, 0) is 30.4 Å². The van der Waals surface area contributed by atoms with E-state index < -0.39 is 0 Å². The molecule has 0 saturated carbocycles. The summed E-state index contributed by atoms with van der Waals surface area (Å²) >= 11 is 11.5. The summed E-state index contributed by atoms with van der Waals surface area (Å²) in [6.07, 6.45) is 2.94. The molecule has 1 unspecified atom stereocenters. The van der Waals surface area contributed by atoms with Crippen LogP contribution in [0.15, 0.2) is 6.20 Å². The maximum Gasteiger partial charge on any atom is 0.222 e. The molecular formula is C9H12Cl2N2O. The number of aromatic nitrogens is 2. The molecule has 0 spiro atoms. The van der Waals surface area contributed by atoms with Crippen LogP contribution in [0.2, 0.25) is 10.3 Å². The Morgan fingerprint density at radius 2 is 2.21 bits per heavy atom. The van der Waals surface area contributed by atoms with Gasteiger partial charge in [0, 0.05) is 6.61 Å². The van der Waals surface area contributed by atoms with E-state index in [9.17, 15) is 0 Å². The van der Waals surface area contributed by atoms with E-state index in [0.717, 1.165) is 12.1 Å². The molecule has 0 radical (unpaired) electrons. The summed E-state index contributed by atoms with van der Waals surface area (Å²) in [5.41, 5.74) is 0.743. The van der Waals surface area contributed by atoms with Crippen molar-refractivity contribution in [2.75, 3.05) is 6.61 Å². The van der Waals surface area contributed by atoms with Gasteiger partial charge in [-0.1, -0.05) is 18.5 Å². The van der Waals surface area contributed by atoms with Gasteiger partial charge < -0.3 is 5.11 Å². The molecule has 0 fully saturated rings. The minimum Gasteiger partial charge on any atom is -0.396 e. The minimum atomic E-state index is 0.178. The Labute approximate surface area is 93.1 Å². The Morgan fingerprint density at radius 3 is 2.86 bits per heavy atom. The highest BCUT2D eigenvalue weighted by molar-refractivity contribution is 6.31. The quantitative estimate of drug-likeness (QED) is 0.814. The van der Waals surface area contributed by atoms with E-state index in [4.69, 9.17) is 28.3 Å². The van der Waals surface area contributed by atoms with Crippen LogP contribution >= 0.6 is 23.2 Å². The number of hydrogen-bond donors (Lipinski definition) is 1. The highest BCUT2D eigenvalue weighted by atomic mass is 35.5. The monoisotopic (exact) mass is 234 g/mol. The van der Waals surface area contributed by atoms with Crippen LogP contribution in [-0.2, 0) is 6.42 Å². The molecule has 5 heteroatoms. The number of nitrogens with zero attached hydrogens (tertiary/aromatic N) is 2. The summed E-state index contributed by atoms with van der Waals surface area (Å²) in [5.74, 6) is 0.337. The first-order chi connectivity index (χ1) is 6.63. The van der Waals surface area contributed by atoms with Crippen molar-refractivity contribution in [3.63, 3.8) is 0 Å². The molecule has 1 rings (SSSR count). The van der Waals surface area contributed by atoms with Gasteiger partial charge in [-0.2, -0.15) is 0 Å². The van der Waals surface area contributed by atoms with E-state index in [-0.39, 0.29) is 11.9 Å². The van der Waals surface area contributed by atoms with Crippen LogP contribution in [0.4, 0.5) is 0 Å². The van der Waals surface area contributed by atoms with Crippen LogP contribution < -0.4 is 0 Å². The summed E-state index contributed by atoms with van der Waals surface area (Å²) in [6, 6.07) is 0. The molecule has 1 N–H and O–H groups in total. The topological polar surface area (TPSA) is 46.0 Å². The lowest BCUT2D eigenvalue weighted by Gasteiger charge is -2.09. The Kier molecular flexibility index (Phi) is 4.58. The van der Waals surface area contributed by atoms with E-state index in [1.807, 2.05) is 6.92 Å². The fourth-order valence-electron chi connectivity index (χ4n) is 1.17. The molecule has 0 bridgehead atoms. The van der Waals surface area contributed by atoms with E-state index in [1.54, 1.807) is 0 Å². The van der Waals surface area contributed by atoms with Crippen LogP contribution in [0.5, 0.6) is 0 Å². The SMILES string of the molecule is CC(CCO)Cc1nc(Cl)ncc1Cl. The van der Waals surface area contributed by atoms with Crippen LogP contribution in [0.3, 0.4) is 0 Å². The van der Waals surface area contributed by atoms with Crippen molar-refractivity contribution in [2.45, 2.75) is 19.8 Å². The smallest absolute Gasteiger partial charge is 0.222 e. The molecule has 0 amide bonds. The first-order valence-corrected chi connectivity index (χ1v) is 5.17. The Morgan fingerprint density at radius 1 is 1.50 bits per heavy atom. The maximum absolute atomic E-state index is 8.75. The minimum absolute atomic E-state index is 0.178.